The van der Waals surface area contributed by atoms with E-state index in [1.165, 1.54) is 6.07 Å². The summed E-state index contributed by atoms with van der Waals surface area (Å²) in [4.78, 5) is 0. The van der Waals surface area contributed by atoms with Crippen LogP contribution in [-0.2, 0) is 4.74 Å². The zero-order valence-corrected chi connectivity index (χ0v) is 12.8. The number of hydrogen-bond donors (Lipinski definition) is 1. The van der Waals surface area contributed by atoms with Gasteiger partial charge in [-0.25, -0.2) is 4.39 Å². The zero-order chi connectivity index (χ0) is 21.1. The molecule has 0 radical (unpaired) electrons. The number of para-hydroxylation sites is 2. The van der Waals surface area contributed by atoms with Crippen LogP contribution in [0.25, 0.3) is 0 Å². The van der Waals surface area contributed by atoms with Gasteiger partial charge in [0, 0.05) is 0 Å². The maximum absolute atomic E-state index is 13.5. The van der Waals surface area contributed by atoms with E-state index >= 15 is 0 Å². The number of aliphatic hydroxyl groups excluding tert-OH is 1. The van der Waals surface area contributed by atoms with Gasteiger partial charge in [0.25, 0.3) is 0 Å². The largest absolute Gasteiger partial charge is 0.487 e. The average Bonchev–Trinajstić information content (AvgIpc) is 2.52. The summed E-state index contributed by atoms with van der Waals surface area (Å²) in [5, 5.41) is 8.57. The molecule has 1 N–H and O–H groups in total. The van der Waals surface area contributed by atoms with Crippen molar-refractivity contribution in [3.05, 3.63) is 24.3 Å². The van der Waals surface area contributed by atoms with Crippen molar-refractivity contribution < 1.29 is 63.2 Å². The third kappa shape index (κ3) is 5.28. The molecule has 1 aromatic carbocycles. The quantitative estimate of drug-likeness (QED) is 0.611. The molecule has 0 aromatic heterocycles. The van der Waals surface area contributed by atoms with Gasteiger partial charge in [0.2, 0.25) is 0 Å². The van der Waals surface area contributed by atoms with Crippen molar-refractivity contribution in [1.82, 2.24) is 0 Å². The molecule has 0 fully saturated rings. The first kappa shape index (κ1) is 23.1. The summed E-state index contributed by atoms with van der Waals surface area (Å²) < 4.78 is 138. The van der Waals surface area contributed by atoms with Gasteiger partial charge in [0.15, 0.2) is 11.5 Å². The molecule has 14 heteroatoms. The molecule has 4 nitrogen and oxygen atoms in total. The molecule has 0 spiro atoms. The van der Waals surface area contributed by atoms with E-state index in [0.717, 1.165) is 18.2 Å². The second-order valence-corrected chi connectivity index (χ2v) is 4.71. The van der Waals surface area contributed by atoms with Crippen molar-refractivity contribution in [3.63, 3.8) is 0 Å². The summed E-state index contributed by atoms with van der Waals surface area (Å²) in [5.41, 5.74) is 0. The van der Waals surface area contributed by atoms with Gasteiger partial charge in [-0.15, -0.1) is 0 Å². The van der Waals surface area contributed by atoms with Gasteiger partial charge in [0.1, 0.15) is 6.61 Å². The van der Waals surface area contributed by atoms with Crippen molar-refractivity contribution in [2.75, 3.05) is 13.2 Å². The third-order valence-corrected chi connectivity index (χ3v) is 2.68. The lowest BCUT2D eigenvalue weighted by molar-refractivity contribution is -0.460. The van der Waals surface area contributed by atoms with E-state index < -0.39 is 55.4 Å². The molecule has 0 heterocycles. The van der Waals surface area contributed by atoms with Crippen LogP contribution < -0.4 is 9.47 Å². The molecule has 1 aromatic rings. The Kier molecular flexibility index (Phi) is 6.80. The summed E-state index contributed by atoms with van der Waals surface area (Å²) in [6.45, 7) is -1.03. The lowest BCUT2D eigenvalue weighted by Gasteiger charge is -2.30. The summed E-state index contributed by atoms with van der Waals surface area (Å²) in [7, 11) is 0. The van der Waals surface area contributed by atoms with E-state index in [4.69, 9.17) is 9.84 Å². The Hall–Kier alpha value is -1.96. The van der Waals surface area contributed by atoms with Crippen LogP contribution in [0.3, 0.4) is 0 Å². The van der Waals surface area contributed by atoms with Crippen molar-refractivity contribution in [3.8, 4) is 11.5 Å². The van der Waals surface area contributed by atoms with Gasteiger partial charge in [0.05, 0.1) is 6.61 Å². The fourth-order valence-electron chi connectivity index (χ4n) is 1.44. The van der Waals surface area contributed by atoms with Gasteiger partial charge in [-0.3, -0.25) is 4.74 Å². The molecule has 0 bridgehead atoms. The first-order valence-electron chi connectivity index (χ1n) is 6.69. The highest BCUT2D eigenvalue weighted by Gasteiger charge is 2.76. The molecule has 0 aliphatic rings. The Morgan fingerprint density at radius 2 is 1.41 bits per heavy atom. The maximum atomic E-state index is 13.5. The maximum Gasteiger partial charge on any atom is 0.462 e. The molecular weight excluding hydrogens is 410 g/mol. The van der Waals surface area contributed by atoms with Gasteiger partial charge in [-0.2, -0.15) is 39.5 Å². The van der Waals surface area contributed by atoms with Gasteiger partial charge >= 0.3 is 30.7 Å². The van der Waals surface area contributed by atoms with Gasteiger partial charge in [-0.05, 0) is 12.1 Å². The van der Waals surface area contributed by atoms with Crippen LogP contribution in [0.4, 0.5) is 43.9 Å². The molecule has 1 unspecified atom stereocenters. The minimum Gasteiger partial charge on any atom is -0.487 e. The molecule has 0 aliphatic carbocycles. The minimum absolute atomic E-state index is 0.447. The number of ether oxygens (including phenoxy) is 3. The van der Waals surface area contributed by atoms with Crippen LogP contribution >= 0.6 is 0 Å². The molecule has 0 aliphatic heterocycles. The first-order valence-corrected chi connectivity index (χ1v) is 6.69. The number of rotatable bonds is 9. The Bertz CT molecular complexity index is 619. The van der Waals surface area contributed by atoms with Crippen molar-refractivity contribution in [2.45, 2.75) is 30.7 Å². The number of halogens is 10. The SMILES string of the molecule is OCCOc1ccccc1OC(F)(F)C(F)OC(F)(F)C(F)(F)C(F)(F)F. The third-order valence-electron chi connectivity index (χ3n) is 2.68. The smallest absolute Gasteiger partial charge is 0.462 e. The van der Waals surface area contributed by atoms with Crippen LogP contribution in [0.2, 0.25) is 0 Å². The topological polar surface area (TPSA) is 47.9 Å². The predicted octanol–water partition coefficient (Wildman–Crippen LogP) is 4.13. The molecule has 27 heavy (non-hydrogen) atoms. The lowest BCUT2D eigenvalue weighted by atomic mass is 10.3. The molecular formula is C13H10F10O4. The molecule has 0 amide bonds. The van der Waals surface area contributed by atoms with E-state index in [9.17, 15) is 43.9 Å². The van der Waals surface area contributed by atoms with Crippen LogP contribution in [-0.4, -0.2) is 49.0 Å². The average molecular weight is 420 g/mol. The highest BCUT2D eigenvalue weighted by molar-refractivity contribution is 5.39. The zero-order valence-electron chi connectivity index (χ0n) is 12.8. The molecule has 156 valence electrons. The highest BCUT2D eigenvalue weighted by Crippen LogP contribution is 2.48. The van der Waals surface area contributed by atoms with Crippen LogP contribution in [0, 0.1) is 0 Å². The van der Waals surface area contributed by atoms with E-state index in [0.29, 0.717) is 0 Å². The second-order valence-electron chi connectivity index (χ2n) is 4.71. The Labute approximate surface area is 144 Å². The Morgan fingerprint density at radius 3 is 1.89 bits per heavy atom. The molecule has 1 atom stereocenters. The standard InChI is InChI=1S/C13H10F10O4/c14-9(27-13(22,23)11(17,18)12(19,20)21)10(15,16)26-8-4-2-1-3-7(8)25-6-5-24/h1-4,9,24H,5-6H2. The molecule has 1 rings (SSSR count). The van der Waals surface area contributed by atoms with Crippen molar-refractivity contribution >= 4 is 0 Å². The summed E-state index contributed by atoms with van der Waals surface area (Å²) >= 11 is 0. The summed E-state index contributed by atoms with van der Waals surface area (Å²) in [6.07, 6.45) is -23.7. The van der Waals surface area contributed by atoms with E-state index in [1.54, 1.807) is 0 Å². The monoisotopic (exact) mass is 420 g/mol. The lowest BCUT2D eigenvalue weighted by Crippen LogP contribution is -2.56. The van der Waals surface area contributed by atoms with Crippen LogP contribution in [0.15, 0.2) is 24.3 Å². The number of alkyl halides is 10. The number of benzene rings is 1. The summed E-state index contributed by atoms with van der Waals surface area (Å²) in [5.74, 6) is -8.48. The second kappa shape index (κ2) is 7.96. The van der Waals surface area contributed by atoms with E-state index in [-0.39, 0.29) is 0 Å². The van der Waals surface area contributed by atoms with E-state index in [1.807, 2.05) is 0 Å². The minimum atomic E-state index is -6.96. The van der Waals surface area contributed by atoms with Crippen molar-refractivity contribution in [1.29, 1.82) is 0 Å². The Morgan fingerprint density at radius 1 is 0.889 bits per heavy atom. The molecule has 0 saturated carbocycles. The number of aliphatic hydroxyl groups is 1. The Balaban J connectivity index is 2.98. The van der Waals surface area contributed by atoms with E-state index in [2.05, 4.69) is 9.47 Å². The van der Waals surface area contributed by atoms with Gasteiger partial charge < -0.3 is 14.6 Å². The van der Waals surface area contributed by atoms with Crippen LogP contribution in [0.1, 0.15) is 0 Å². The fraction of sp³-hybridized carbons (Fsp3) is 0.538. The fourth-order valence-corrected chi connectivity index (χ4v) is 1.44. The predicted molar refractivity (Wildman–Crippen MR) is 66.5 cm³/mol. The van der Waals surface area contributed by atoms with Crippen LogP contribution in [0.5, 0.6) is 11.5 Å². The first-order chi connectivity index (χ1) is 12.2. The number of hydrogen-bond acceptors (Lipinski definition) is 4. The van der Waals surface area contributed by atoms with Crippen molar-refractivity contribution in [2.24, 2.45) is 0 Å². The molecule has 0 saturated heterocycles. The van der Waals surface area contributed by atoms with Gasteiger partial charge in [-0.1, -0.05) is 12.1 Å². The normalized spacial score (nSPS) is 14.8. The highest BCUT2D eigenvalue weighted by atomic mass is 19.4. The summed E-state index contributed by atoms with van der Waals surface area (Å²) in [6, 6.07) is 3.94.